The summed E-state index contributed by atoms with van der Waals surface area (Å²) in [6.45, 7) is 3.16. The number of sulfonamides is 1. The van der Waals surface area contributed by atoms with Crippen LogP contribution < -0.4 is 4.74 Å². The molecular weight excluding hydrogens is 346 g/mol. The Bertz CT molecular complexity index is 576. The number of hydrogen-bond donors (Lipinski definition) is 0. The Morgan fingerprint density at radius 3 is 2.90 bits per heavy atom. The molecule has 0 spiro atoms. The van der Waals surface area contributed by atoms with Gasteiger partial charge in [0, 0.05) is 17.6 Å². The molecule has 20 heavy (non-hydrogen) atoms. The molecule has 0 radical (unpaired) electrons. The monoisotopic (exact) mass is 363 g/mol. The SMILES string of the molecule is CCC1CN(S(=O)(=O)c2cc(Br)ccc2OC)CCO1. The van der Waals surface area contributed by atoms with Crippen molar-refractivity contribution in [2.75, 3.05) is 26.8 Å². The molecule has 1 atom stereocenters. The van der Waals surface area contributed by atoms with Crippen molar-refractivity contribution in [2.24, 2.45) is 0 Å². The first kappa shape index (κ1) is 15.8. The Morgan fingerprint density at radius 2 is 2.25 bits per heavy atom. The van der Waals surface area contributed by atoms with Gasteiger partial charge < -0.3 is 9.47 Å². The molecule has 1 aromatic carbocycles. The molecule has 1 saturated heterocycles. The molecule has 1 unspecified atom stereocenters. The maximum atomic E-state index is 12.8. The molecule has 5 nitrogen and oxygen atoms in total. The van der Waals surface area contributed by atoms with Crippen molar-refractivity contribution in [2.45, 2.75) is 24.3 Å². The minimum atomic E-state index is -3.57. The largest absolute Gasteiger partial charge is 0.495 e. The predicted octanol–water partition coefficient (Wildman–Crippen LogP) is 2.26. The first-order valence-electron chi connectivity index (χ1n) is 6.44. The molecule has 1 aromatic rings. The van der Waals surface area contributed by atoms with Crippen LogP contribution in [0.25, 0.3) is 0 Å². The van der Waals surface area contributed by atoms with E-state index >= 15 is 0 Å². The van der Waals surface area contributed by atoms with Gasteiger partial charge in [0.2, 0.25) is 10.0 Å². The normalized spacial score (nSPS) is 20.9. The van der Waals surface area contributed by atoms with Gasteiger partial charge in [-0.05, 0) is 24.6 Å². The van der Waals surface area contributed by atoms with E-state index in [1.165, 1.54) is 11.4 Å². The molecular formula is C13H18BrNO4S. The van der Waals surface area contributed by atoms with Crippen LogP contribution in [0, 0.1) is 0 Å². The highest BCUT2D eigenvalue weighted by atomic mass is 79.9. The van der Waals surface area contributed by atoms with Gasteiger partial charge in [-0.3, -0.25) is 0 Å². The van der Waals surface area contributed by atoms with Gasteiger partial charge in [0.15, 0.2) is 0 Å². The molecule has 0 amide bonds. The standard InChI is InChI=1S/C13H18BrNO4S/c1-3-11-9-15(6-7-19-11)20(16,17)13-8-10(14)4-5-12(13)18-2/h4-5,8,11H,3,6-7,9H2,1-2H3. The van der Waals surface area contributed by atoms with Crippen LogP contribution in [0.5, 0.6) is 5.75 Å². The van der Waals surface area contributed by atoms with Crippen LogP contribution >= 0.6 is 15.9 Å². The number of halogens is 1. The lowest BCUT2D eigenvalue weighted by Gasteiger charge is -2.32. The third-order valence-electron chi connectivity index (χ3n) is 3.30. The van der Waals surface area contributed by atoms with Crippen LogP contribution in [0.1, 0.15) is 13.3 Å². The van der Waals surface area contributed by atoms with E-state index in [0.29, 0.717) is 29.9 Å². The van der Waals surface area contributed by atoms with E-state index in [9.17, 15) is 8.42 Å². The number of methoxy groups -OCH3 is 1. The fraction of sp³-hybridized carbons (Fsp3) is 0.538. The summed E-state index contributed by atoms with van der Waals surface area (Å²) in [6.07, 6.45) is 0.749. The third-order valence-corrected chi connectivity index (χ3v) is 5.68. The summed E-state index contributed by atoms with van der Waals surface area (Å²) in [5.41, 5.74) is 0. The molecule has 1 heterocycles. The Kier molecular flexibility index (Phi) is 5.06. The number of ether oxygens (including phenoxy) is 2. The van der Waals surface area contributed by atoms with Gasteiger partial charge >= 0.3 is 0 Å². The van der Waals surface area contributed by atoms with Crippen LogP contribution in [0.3, 0.4) is 0 Å². The number of rotatable bonds is 4. The lowest BCUT2D eigenvalue weighted by molar-refractivity contribution is -0.00281. The third kappa shape index (κ3) is 3.16. The summed E-state index contributed by atoms with van der Waals surface area (Å²) in [4.78, 5) is 0.186. The van der Waals surface area contributed by atoms with Crippen molar-refractivity contribution in [3.8, 4) is 5.75 Å². The lowest BCUT2D eigenvalue weighted by Crippen LogP contribution is -2.45. The highest BCUT2D eigenvalue weighted by Gasteiger charge is 2.32. The van der Waals surface area contributed by atoms with E-state index in [-0.39, 0.29) is 11.0 Å². The Balaban J connectivity index is 2.37. The van der Waals surface area contributed by atoms with Crippen LogP contribution in [0.15, 0.2) is 27.6 Å². The first-order valence-corrected chi connectivity index (χ1v) is 8.67. The molecule has 112 valence electrons. The second-order valence-corrected chi connectivity index (χ2v) is 7.38. The van der Waals surface area contributed by atoms with Gasteiger partial charge in [0.05, 0.1) is 19.8 Å². The molecule has 1 fully saturated rings. The molecule has 1 aliphatic rings. The van der Waals surface area contributed by atoms with Gasteiger partial charge in [-0.1, -0.05) is 22.9 Å². The molecule has 1 aliphatic heterocycles. The van der Waals surface area contributed by atoms with Crippen LogP contribution in [0.4, 0.5) is 0 Å². The molecule has 0 N–H and O–H groups in total. The summed E-state index contributed by atoms with van der Waals surface area (Å²) in [6, 6.07) is 4.98. The quantitative estimate of drug-likeness (QED) is 0.823. The summed E-state index contributed by atoms with van der Waals surface area (Å²) in [7, 11) is -2.10. The summed E-state index contributed by atoms with van der Waals surface area (Å²) >= 11 is 3.30. The van der Waals surface area contributed by atoms with Gasteiger partial charge in [0.25, 0.3) is 0 Å². The molecule has 7 heteroatoms. The maximum absolute atomic E-state index is 12.8. The zero-order chi connectivity index (χ0) is 14.8. The van der Waals surface area contributed by atoms with Crippen molar-refractivity contribution in [1.82, 2.24) is 4.31 Å². The Labute approximate surface area is 128 Å². The molecule has 0 aliphatic carbocycles. The number of hydrogen-bond acceptors (Lipinski definition) is 4. The van der Waals surface area contributed by atoms with E-state index < -0.39 is 10.0 Å². The van der Waals surface area contributed by atoms with Crippen LogP contribution in [-0.2, 0) is 14.8 Å². The van der Waals surface area contributed by atoms with Crippen molar-refractivity contribution >= 4 is 26.0 Å². The fourth-order valence-electron chi connectivity index (χ4n) is 2.15. The average molecular weight is 364 g/mol. The van der Waals surface area contributed by atoms with Gasteiger partial charge in [-0.15, -0.1) is 0 Å². The molecule has 0 aromatic heterocycles. The predicted molar refractivity (Wildman–Crippen MR) is 79.5 cm³/mol. The highest BCUT2D eigenvalue weighted by molar-refractivity contribution is 9.10. The molecule has 0 saturated carbocycles. The second-order valence-electron chi connectivity index (χ2n) is 4.56. The van der Waals surface area contributed by atoms with E-state index in [1.807, 2.05) is 6.92 Å². The van der Waals surface area contributed by atoms with Gasteiger partial charge in [0.1, 0.15) is 10.6 Å². The smallest absolute Gasteiger partial charge is 0.246 e. The summed E-state index contributed by atoms with van der Waals surface area (Å²) in [5, 5.41) is 0. The van der Waals surface area contributed by atoms with E-state index in [2.05, 4.69) is 15.9 Å². The van der Waals surface area contributed by atoms with Crippen molar-refractivity contribution in [3.05, 3.63) is 22.7 Å². The van der Waals surface area contributed by atoms with Crippen molar-refractivity contribution in [1.29, 1.82) is 0 Å². The number of benzene rings is 1. The zero-order valence-corrected chi connectivity index (χ0v) is 13.9. The Hall–Kier alpha value is -0.630. The number of morpholine rings is 1. The lowest BCUT2D eigenvalue weighted by atomic mass is 10.2. The maximum Gasteiger partial charge on any atom is 0.246 e. The van der Waals surface area contributed by atoms with E-state index in [0.717, 1.165) is 6.42 Å². The molecule has 0 bridgehead atoms. The molecule has 2 rings (SSSR count). The van der Waals surface area contributed by atoms with Crippen LogP contribution in [-0.4, -0.2) is 45.6 Å². The van der Waals surface area contributed by atoms with E-state index in [1.54, 1.807) is 18.2 Å². The van der Waals surface area contributed by atoms with Gasteiger partial charge in [-0.25, -0.2) is 8.42 Å². The fourth-order valence-corrected chi connectivity index (χ4v) is 4.30. The zero-order valence-electron chi connectivity index (χ0n) is 11.5. The topological polar surface area (TPSA) is 55.8 Å². The minimum Gasteiger partial charge on any atom is -0.495 e. The van der Waals surface area contributed by atoms with E-state index in [4.69, 9.17) is 9.47 Å². The van der Waals surface area contributed by atoms with Crippen molar-refractivity contribution in [3.63, 3.8) is 0 Å². The van der Waals surface area contributed by atoms with Crippen molar-refractivity contribution < 1.29 is 17.9 Å². The first-order chi connectivity index (χ1) is 9.48. The summed E-state index contributed by atoms with van der Waals surface area (Å²) in [5.74, 6) is 0.354. The Morgan fingerprint density at radius 1 is 1.50 bits per heavy atom. The van der Waals surface area contributed by atoms with Gasteiger partial charge in [-0.2, -0.15) is 4.31 Å². The minimum absolute atomic E-state index is 0.0447. The van der Waals surface area contributed by atoms with Crippen LogP contribution in [0.2, 0.25) is 0 Å². The summed E-state index contributed by atoms with van der Waals surface area (Å²) < 4.78 is 38.4. The average Bonchev–Trinajstić information content (AvgIpc) is 2.47. The second kappa shape index (κ2) is 6.43. The number of nitrogens with zero attached hydrogens (tertiary/aromatic N) is 1. The highest BCUT2D eigenvalue weighted by Crippen LogP contribution is 2.30.